The summed E-state index contributed by atoms with van der Waals surface area (Å²) in [5.41, 5.74) is 6.77. The van der Waals surface area contributed by atoms with Gasteiger partial charge in [-0.25, -0.2) is 0 Å². The molecule has 2 heterocycles. The fourth-order valence-electron chi connectivity index (χ4n) is 4.49. The van der Waals surface area contributed by atoms with Crippen molar-refractivity contribution in [1.29, 1.82) is 0 Å². The SMILES string of the molecule is COc1ccc2[nH]c(C(=O)N[C@@H](CC3CC3)C(=O)N[C@@H](C[C@@H]3CCCNC3)C(N)=O)cc2c1. The molecule has 0 bridgehead atoms. The van der Waals surface area contributed by atoms with Gasteiger partial charge in [0.1, 0.15) is 23.5 Å². The van der Waals surface area contributed by atoms with Crippen LogP contribution in [0.4, 0.5) is 0 Å². The largest absolute Gasteiger partial charge is 0.497 e. The van der Waals surface area contributed by atoms with Gasteiger partial charge in [-0.05, 0) is 74.9 Å². The number of amides is 3. The van der Waals surface area contributed by atoms with E-state index in [0.717, 1.165) is 49.7 Å². The quantitative estimate of drug-likeness (QED) is 0.369. The first-order chi connectivity index (χ1) is 15.9. The van der Waals surface area contributed by atoms with Crippen molar-refractivity contribution < 1.29 is 19.1 Å². The van der Waals surface area contributed by atoms with Crippen molar-refractivity contribution in [3.8, 4) is 5.75 Å². The van der Waals surface area contributed by atoms with Gasteiger partial charge in [0.15, 0.2) is 0 Å². The maximum atomic E-state index is 13.1. The molecule has 1 aliphatic carbocycles. The molecule has 1 saturated heterocycles. The van der Waals surface area contributed by atoms with Crippen molar-refractivity contribution in [2.24, 2.45) is 17.6 Å². The van der Waals surface area contributed by atoms with Crippen LogP contribution >= 0.6 is 0 Å². The number of carbonyl (C=O) groups is 3. The molecule has 0 radical (unpaired) electrons. The first kappa shape index (κ1) is 23.1. The van der Waals surface area contributed by atoms with Crippen LogP contribution in [0.2, 0.25) is 0 Å². The highest BCUT2D eigenvalue weighted by Crippen LogP contribution is 2.33. The van der Waals surface area contributed by atoms with E-state index in [1.807, 2.05) is 18.2 Å². The minimum Gasteiger partial charge on any atom is -0.497 e. The van der Waals surface area contributed by atoms with Crippen molar-refractivity contribution in [1.82, 2.24) is 20.9 Å². The molecule has 1 saturated carbocycles. The Kier molecular flexibility index (Phi) is 7.17. The Morgan fingerprint density at radius 1 is 1.09 bits per heavy atom. The van der Waals surface area contributed by atoms with E-state index < -0.39 is 18.0 Å². The van der Waals surface area contributed by atoms with Gasteiger partial charge in [0.2, 0.25) is 11.8 Å². The second-order valence-corrected chi connectivity index (χ2v) is 9.25. The molecule has 2 aromatic rings. The van der Waals surface area contributed by atoms with Gasteiger partial charge in [0.25, 0.3) is 5.91 Å². The summed E-state index contributed by atoms with van der Waals surface area (Å²) in [6.07, 6.45) is 5.17. The fourth-order valence-corrected chi connectivity index (χ4v) is 4.49. The van der Waals surface area contributed by atoms with E-state index in [2.05, 4.69) is 20.9 Å². The normalized spacial score (nSPS) is 20.1. The van der Waals surface area contributed by atoms with Gasteiger partial charge < -0.3 is 31.4 Å². The molecule has 0 unspecified atom stereocenters. The maximum Gasteiger partial charge on any atom is 0.268 e. The van der Waals surface area contributed by atoms with Crippen LogP contribution < -0.4 is 26.4 Å². The van der Waals surface area contributed by atoms with Gasteiger partial charge in [-0.15, -0.1) is 0 Å². The highest BCUT2D eigenvalue weighted by molar-refractivity contribution is 6.00. The number of carbonyl (C=O) groups excluding carboxylic acids is 3. The number of hydrogen-bond donors (Lipinski definition) is 5. The number of aromatic nitrogens is 1. The number of primary amides is 1. The zero-order valence-electron chi connectivity index (χ0n) is 19.0. The summed E-state index contributed by atoms with van der Waals surface area (Å²) in [7, 11) is 1.59. The molecule has 9 heteroatoms. The van der Waals surface area contributed by atoms with E-state index in [1.165, 1.54) is 0 Å². The Bertz CT molecular complexity index is 1010. The number of H-pyrrole nitrogens is 1. The number of rotatable bonds is 10. The number of piperidine rings is 1. The van der Waals surface area contributed by atoms with Crippen LogP contribution in [-0.2, 0) is 9.59 Å². The van der Waals surface area contributed by atoms with Crippen molar-refractivity contribution in [3.05, 3.63) is 30.0 Å². The number of hydrogen-bond acceptors (Lipinski definition) is 5. The lowest BCUT2D eigenvalue weighted by Crippen LogP contribution is -2.54. The zero-order chi connectivity index (χ0) is 23.4. The van der Waals surface area contributed by atoms with E-state index >= 15 is 0 Å². The molecule has 4 rings (SSSR count). The van der Waals surface area contributed by atoms with Crippen LogP contribution in [-0.4, -0.2) is 55.0 Å². The fraction of sp³-hybridized carbons (Fsp3) is 0.542. The van der Waals surface area contributed by atoms with Crippen molar-refractivity contribution in [3.63, 3.8) is 0 Å². The summed E-state index contributed by atoms with van der Waals surface area (Å²) in [5.74, 6) is 0.123. The molecule has 1 aromatic heterocycles. The third-order valence-electron chi connectivity index (χ3n) is 6.59. The average molecular weight is 456 g/mol. The predicted octanol–water partition coefficient (Wildman–Crippen LogP) is 1.43. The van der Waals surface area contributed by atoms with Gasteiger partial charge in [0, 0.05) is 10.9 Å². The van der Waals surface area contributed by atoms with E-state index in [1.54, 1.807) is 13.2 Å². The molecular weight excluding hydrogens is 422 g/mol. The number of nitrogens with one attached hydrogen (secondary N) is 4. The molecule has 6 N–H and O–H groups in total. The van der Waals surface area contributed by atoms with Gasteiger partial charge >= 0.3 is 0 Å². The number of nitrogens with two attached hydrogens (primary N) is 1. The van der Waals surface area contributed by atoms with Crippen LogP contribution in [0.15, 0.2) is 24.3 Å². The summed E-state index contributed by atoms with van der Waals surface area (Å²) >= 11 is 0. The third-order valence-corrected chi connectivity index (χ3v) is 6.59. The van der Waals surface area contributed by atoms with Gasteiger partial charge in [-0.3, -0.25) is 14.4 Å². The number of benzene rings is 1. The smallest absolute Gasteiger partial charge is 0.268 e. The maximum absolute atomic E-state index is 13.1. The van der Waals surface area contributed by atoms with E-state index in [4.69, 9.17) is 10.5 Å². The molecule has 33 heavy (non-hydrogen) atoms. The minimum atomic E-state index is -0.749. The lowest BCUT2D eigenvalue weighted by atomic mass is 9.92. The Hall–Kier alpha value is -3.07. The van der Waals surface area contributed by atoms with Gasteiger partial charge in [0.05, 0.1) is 7.11 Å². The lowest BCUT2D eigenvalue weighted by molar-refractivity contribution is -0.129. The third kappa shape index (κ3) is 6.04. The second kappa shape index (κ2) is 10.2. The number of ether oxygens (including phenoxy) is 1. The average Bonchev–Trinajstić information content (AvgIpc) is 3.53. The standard InChI is InChI=1S/C24H33N5O4/c1-33-17-6-7-18-16(11-17)12-21(27-18)24(32)29-20(9-14-4-5-14)23(31)28-19(22(25)30)10-15-3-2-8-26-13-15/h6-7,11-12,14-15,19-20,26-27H,2-5,8-10,13H2,1H3,(H2,25,30)(H,28,31)(H,29,32)/t15-,19-,20-/m0/s1. The number of methoxy groups -OCH3 is 1. The van der Waals surface area contributed by atoms with Crippen LogP contribution in [0.25, 0.3) is 10.9 Å². The molecule has 2 fully saturated rings. The minimum absolute atomic E-state index is 0.288. The van der Waals surface area contributed by atoms with Crippen LogP contribution in [0.1, 0.15) is 49.0 Å². The van der Waals surface area contributed by atoms with Crippen LogP contribution in [0.3, 0.4) is 0 Å². The molecule has 3 amide bonds. The molecule has 178 valence electrons. The van der Waals surface area contributed by atoms with Crippen LogP contribution in [0, 0.1) is 11.8 Å². The summed E-state index contributed by atoms with van der Waals surface area (Å²) in [6, 6.07) is 5.77. The molecule has 2 aliphatic rings. The molecular formula is C24H33N5O4. The first-order valence-corrected chi connectivity index (χ1v) is 11.7. The Morgan fingerprint density at radius 2 is 1.88 bits per heavy atom. The molecule has 9 nitrogen and oxygen atoms in total. The summed E-state index contributed by atoms with van der Waals surface area (Å²) < 4.78 is 5.24. The van der Waals surface area contributed by atoms with E-state index in [0.29, 0.717) is 30.2 Å². The summed E-state index contributed by atoms with van der Waals surface area (Å²) in [4.78, 5) is 41.2. The molecule has 1 aliphatic heterocycles. The van der Waals surface area contributed by atoms with Gasteiger partial charge in [-0.1, -0.05) is 12.8 Å². The van der Waals surface area contributed by atoms with Crippen molar-refractivity contribution in [2.45, 2.75) is 50.6 Å². The Labute approximate surface area is 193 Å². The Balaban J connectivity index is 1.43. The number of fused-ring (bicyclic) bond motifs is 1. The Morgan fingerprint density at radius 3 is 2.55 bits per heavy atom. The van der Waals surface area contributed by atoms with Crippen molar-refractivity contribution >= 4 is 28.6 Å². The topological polar surface area (TPSA) is 138 Å². The highest BCUT2D eigenvalue weighted by atomic mass is 16.5. The summed E-state index contributed by atoms with van der Waals surface area (Å²) in [6.45, 7) is 1.78. The zero-order valence-corrected chi connectivity index (χ0v) is 19.0. The molecule has 0 spiro atoms. The lowest BCUT2D eigenvalue weighted by Gasteiger charge is -2.27. The van der Waals surface area contributed by atoms with E-state index in [-0.39, 0.29) is 17.7 Å². The van der Waals surface area contributed by atoms with Crippen LogP contribution in [0.5, 0.6) is 5.75 Å². The first-order valence-electron chi connectivity index (χ1n) is 11.7. The molecule has 1 aromatic carbocycles. The second-order valence-electron chi connectivity index (χ2n) is 9.25. The van der Waals surface area contributed by atoms with Crippen molar-refractivity contribution in [2.75, 3.05) is 20.2 Å². The van der Waals surface area contributed by atoms with E-state index in [9.17, 15) is 14.4 Å². The molecule has 3 atom stereocenters. The highest BCUT2D eigenvalue weighted by Gasteiger charge is 2.33. The summed E-state index contributed by atoms with van der Waals surface area (Å²) in [5, 5.41) is 9.84. The monoisotopic (exact) mass is 455 g/mol. The number of aromatic amines is 1. The van der Waals surface area contributed by atoms with Gasteiger partial charge in [-0.2, -0.15) is 0 Å². The predicted molar refractivity (Wildman–Crippen MR) is 125 cm³/mol.